The van der Waals surface area contributed by atoms with E-state index in [4.69, 9.17) is 0 Å². The first-order valence-electron chi connectivity index (χ1n) is 13.8. The van der Waals surface area contributed by atoms with Crippen molar-refractivity contribution in [2.45, 2.75) is 91.4 Å². The molecule has 5 heteroatoms. The number of benzene rings is 2. The minimum atomic E-state index is -0.162. The van der Waals surface area contributed by atoms with Crippen molar-refractivity contribution in [1.29, 1.82) is 0 Å². The first-order valence-corrected chi connectivity index (χ1v) is 14.6. The van der Waals surface area contributed by atoms with E-state index in [0.717, 1.165) is 46.9 Å². The lowest BCUT2D eigenvalue weighted by molar-refractivity contribution is 0.459. The van der Waals surface area contributed by atoms with Crippen LogP contribution in [0.5, 0.6) is 0 Å². The highest BCUT2D eigenvalue weighted by Crippen LogP contribution is 2.34. The Labute approximate surface area is 225 Å². The molecule has 0 radical (unpaired) electrons. The van der Waals surface area contributed by atoms with Crippen LogP contribution in [0.2, 0.25) is 0 Å². The van der Waals surface area contributed by atoms with E-state index < -0.39 is 0 Å². The lowest BCUT2D eigenvalue weighted by Gasteiger charge is -2.27. The molecule has 194 valence electrons. The fourth-order valence-electron chi connectivity index (χ4n) is 5.78. The summed E-state index contributed by atoms with van der Waals surface area (Å²) in [5.74, 6) is 2.69. The number of aryl methyl sites for hydroxylation is 2. The van der Waals surface area contributed by atoms with Crippen LogP contribution < -0.4 is 10.9 Å². The van der Waals surface area contributed by atoms with Crippen molar-refractivity contribution in [3.63, 3.8) is 0 Å². The molecular weight excluding hydrogens is 510 g/mol. The van der Waals surface area contributed by atoms with Gasteiger partial charge in [-0.15, -0.1) is 0 Å². The Morgan fingerprint density at radius 3 is 2.39 bits per heavy atom. The zero-order chi connectivity index (χ0) is 25.8. The van der Waals surface area contributed by atoms with Crippen LogP contribution in [0.4, 0.5) is 0 Å². The molecule has 2 aliphatic rings. The molecular formula is C31H42BrN3O. The monoisotopic (exact) mass is 551 g/mol. The van der Waals surface area contributed by atoms with Crippen LogP contribution in [0.25, 0.3) is 16.6 Å². The molecule has 1 aromatic heterocycles. The highest BCUT2D eigenvalue weighted by atomic mass is 79.9. The van der Waals surface area contributed by atoms with Gasteiger partial charge in [0, 0.05) is 10.4 Å². The molecule has 5 rings (SSSR count). The summed E-state index contributed by atoms with van der Waals surface area (Å²) in [6.07, 6.45) is 9.25. The number of rotatable bonds is 4. The number of nitrogens with zero attached hydrogens (tertiary/aromatic N) is 2. The average molecular weight is 553 g/mol. The second kappa shape index (κ2) is 12.0. The van der Waals surface area contributed by atoms with Crippen molar-refractivity contribution in [1.82, 2.24) is 14.9 Å². The lowest BCUT2D eigenvalue weighted by Crippen LogP contribution is -2.27. The van der Waals surface area contributed by atoms with Gasteiger partial charge in [0.2, 0.25) is 0 Å². The van der Waals surface area contributed by atoms with E-state index in [2.05, 4.69) is 77.5 Å². The third-order valence-corrected chi connectivity index (χ3v) is 8.85. The first-order chi connectivity index (χ1) is 17.3. The van der Waals surface area contributed by atoms with Crippen molar-refractivity contribution in [3.05, 3.63) is 67.7 Å². The Balaban J connectivity index is 0.000000445. The quantitative estimate of drug-likeness (QED) is 0.357. The van der Waals surface area contributed by atoms with E-state index in [1.165, 1.54) is 55.2 Å². The molecule has 3 aromatic rings. The van der Waals surface area contributed by atoms with E-state index in [1.807, 2.05) is 18.2 Å². The number of piperidine rings is 1. The number of halogens is 1. The van der Waals surface area contributed by atoms with E-state index in [0.29, 0.717) is 11.3 Å². The highest BCUT2D eigenvalue weighted by molar-refractivity contribution is 9.10. The fourth-order valence-corrected chi connectivity index (χ4v) is 6.30. The average Bonchev–Trinajstić information content (AvgIpc) is 3.36. The van der Waals surface area contributed by atoms with Gasteiger partial charge in [0.15, 0.2) is 0 Å². The van der Waals surface area contributed by atoms with Crippen LogP contribution in [0.1, 0.15) is 100 Å². The molecule has 2 heterocycles. The maximum Gasteiger partial charge on any atom is 0.281 e. The van der Waals surface area contributed by atoms with Gasteiger partial charge in [0.1, 0.15) is 5.82 Å². The highest BCUT2D eigenvalue weighted by Gasteiger charge is 2.22. The number of hydrogen-bond acceptors (Lipinski definition) is 3. The molecule has 1 saturated carbocycles. The van der Waals surface area contributed by atoms with Gasteiger partial charge in [-0.3, -0.25) is 9.36 Å². The second-order valence-corrected chi connectivity index (χ2v) is 11.8. The summed E-state index contributed by atoms with van der Waals surface area (Å²) >= 11 is 3.57. The summed E-state index contributed by atoms with van der Waals surface area (Å²) in [7, 11) is 0. The van der Waals surface area contributed by atoms with Gasteiger partial charge in [-0.25, -0.2) is 0 Å². The second-order valence-electron chi connectivity index (χ2n) is 11.0. The third-order valence-electron chi connectivity index (χ3n) is 8.19. The molecule has 1 atom stereocenters. The minimum Gasteiger partial charge on any atom is -0.317 e. The zero-order valence-electron chi connectivity index (χ0n) is 22.7. The Morgan fingerprint density at radius 2 is 1.78 bits per heavy atom. The minimum absolute atomic E-state index is 0.162. The van der Waals surface area contributed by atoms with E-state index in [-0.39, 0.29) is 11.5 Å². The molecule has 36 heavy (non-hydrogen) atoms. The van der Waals surface area contributed by atoms with Crippen LogP contribution in [0, 0.1) is 19.8 Å². The molecule has 1 aliphatic carbocycles. The first kappa shape index (κ1) is 27.1. The predicted octanol–water partition coefficient (Wildman–Crippen LogP) is 7.94. The molecule has 1 unspecified atom stereocenters. The molecule has 4 nitrogen and oxygen atoms in total. The van der Waals surface area contributed by atoms with Gasteiger partial charge in [0.25, 0.3) is 5.56 Å². The van der Waals surface area contributed by atoms with Crippen molar-refractivity contribution < 1.29 is 0 Å². The summed E-state index contributed by atoms with van der Waals surface area (Å²) in [4.78, 5) is 17.4. The summed E-state index contributed by atoms with van der Waals surface area (Å²) in [5, 5.41) is 4.11. The third kappa shape index (κ3) is 5.78. The Kier molecular flexibility index (Phi) is 9.05. The van der Waals surface area contributed by atoms with Crippen LogP contribution in [-0.4, -0.2) is 22.6 Å². The van der Waals surface area contributed by atoms with Crippen molar-refractivity contribution in [2.24, 2.45) is 5.92 Å². The lowest BCUT2D eigenvalue weighted by atomic mass is 9.86. The number of fused-ring (bicyclic) bond motifs is 1. The van der Waals surface area contributed by atoms with Gasteiger partial charge in [0.05, 0.1) is 16.6 Å². The molecule has 1 aliphatic heterocycles. The number of hydrogen-bond donors (Lipinski definition) is 1. The Hall–Kier alpha value is -1.98. The molecule has 2 fully saturated rings. The van der Waals surface area contributed by atoms with Crippen molar-refractivity contribution in [2.75, 3.05) is 13.1 Å². The Bertz CT molecular complexity index is 1250. The van der Waals surface area contributed by atoms with Crippen LogP contribution in [0.3, 0.4) is 0 Å². The fraction of sp³-hybridized carbons (Fsp3) is 0.548. The topological polar surface area (TPSA) is 46.9 Å². The molecule has 1 saturated heterocycles. The van der Waals surface area contributed by atoms with Gasteiger partial charge < -0.3 is 5.32 Å². The van der Waals surface area contributed by atoms with E-state index >= 15 is 0 Å². The van der Waals surface area contributed by atoms with Crippen molar-refractivity contribution >= 4 is 26.8 Å². The van der Waals surface area contributed by atoms with Crippen LogP contribution >= 0.6 is 15.9 Å². The zero-order valence-corrected chi connectivity index (χ0v) is 24.2. The maximum atomic E-state index is 12.9. The molecule has 2 aromatic carbocycles. The van der Waals surface area contributed by atoms with Crippen molar-refractivity contribution in [3.8, 4) is 5.69 Å². The summed E-state index contributed by atoms with van der Waals surface area (Å²) in [6, 6.07) is 10.6. The van der Waals surface area contributed by atoms with Crippen LogP contribution in [-0.2, 0) is 0 Å². The van der Waals surface area contributed by atoms with Gasteiger partial charge in [-0.2, -0.15) is 4.98 Å². The van der Waals surface area contributed by atoms with E-state index in [1.54, 1.807) is 0 Å². The smallest absolute Gasteiger partial charge is 0.281 e. The van der Waals surface area contributed by atoms with Gasteiger partial charge in [-0.1, -0.05) is 58.6 Å². The number of nitrogens with one attached hydrogen (secondary N) is 1. The standard InChI is InChI=1S/C25H30BrN3O.C6H12/c1-5-15(2)24-28-25(30)23-20(26)7-6-8-21(23)29(24)22-14-16(3)19(13-17(22)4)18-9-11-27-12-10-18;1-6-4-2-3-5-6/h6-8,13-15,18,27H,5,9-12H2,1-4H3;6H,2-5H2,1H3. The SMILES string of the molecule is CC1CCCC1.CCC(C)c1nc(=O)c2c(Br)cccc2n1-c1cc(C)c(C2CCNCC2)cc1C. The van der Waals surface area contributed by atoms with Gasteiger partial charge >= 0.3 is 0 Å². The predicted molar refractivity (Wildman–Crippen MR) is 156 cm³/mol. The summed E-state index contributed by atoms with van der Waals surface area (Å²) in [6.45, 7) is 13.2. The largest absolute Gasteiger partial charge is 0.317 e. The number of aromatic nitrogens is 2. The maximum absolute atomic E-state index is 12.9. The summed E-state index contributed by atoms with van der Waals surface area (Å²) in [5.41, 5.74) is 5.88. The Morgan fingerprint density at radius 1 is 1.08 bits per heavy atom. The van der Waals surface area contributed by atoms with E-state index in [9.17, 15) is 4.79 Å². The molecule has 0 bridgehead atoms. The molecule has 0 spiro atoms. The summed E-state index contributed by atoms with van der Waals surface area (Å²) < 4.78 is 3.01. The molecule has 0 amide bonds. The van der Waals surface area contributed by atoms with Crippen LogP contribution in [0.15, 0.2) is 39.6 Å². The normalized spacial score (nSPS) is 17.7. The molecule has 1 N–H and O–H groups in total. The van der Waals surface area contributed by atoms with Gasteiger partial charge in [-0.05, 0) is 109 Å².